The summed E-state index contributed by atoms with van der Waals surface area (Å²) in [6, 6.07) is 0. The van der Waals surface area contributed by atoms with Crippen LogP contribution in [0.25, 0.3) is 0 Å². The third kappa shape index (κ3) is 3.36. The number of H-pyrrole nitrogens is 1. The van der Waals surface area contributed by atoms with Gasteiger partial charge < -0.3 is 15.2 Å². The zero-order chi connectivity index (χ0) is 18.4. The molecule has 0 aromatic carbocycles. The van der Waals surface area contributed by atoms with Crippen LogP contribution in [-0.4, -0.2) is 47.6 Å². The van der Waals surface area contributed by atoms with Crippen LogP contribution < -0.4 is 10.9 Å². The molecule has 1 aliphatic carbocycles. The molecule has 0 bridgehead atoms. The summed E-state index contributed by atoms with van der Waals surface area (Å²) < 4.78 is 0. The maximum Gasteiger partial charge on any atom is 0.254 e. The fourth-order valence-electron chi connectivity index (χ4n) is 5.10. The standard InChI is InChI=1S/C21H34N4O/c1-20(2,3)19-23-17-16(18(26)24-19)6-7-21(17)8-11-25(12-9-21)14-15-5-4-10-22-13-15/h15,22H,4-14H2,1-3H3,(H,23,24,26). The lowest BCUT2D eigenvalue weighted by molar-refractivity contribution is 0.129. The highest BCUT2D eigenvalue weighted by molar-refractivity contribution is 5.34. The van der Waals surface area contributed by atoms with Gasteiger partial charge in [-0.15, -0.1) is 0 Å². The van der Waals surface area contributed by atoms with E-state index in [9.17, 15) is 4.79 Å². The van der Waals surface area contributed by atoms with Crippen molar-refractivity contribution < 1.29 is 0 Å². The summed E-state index contributed by atoms with van der Waals surface area (Å²) in [5.74, 6) is 1.65. The number of fused-ring (bicyclic) bond motifs is 2. The largest absolute Gasteiger partial charge is 0.316 e. The molecule has 5 heteroatoms. The summed E-state index contributed by atoms with van der Waals surface area (Å²) in [6.45, 7) is 12.3. The summed E-state index contributed by atoms with van der Waals surface area (Å²) in [7, 11) is 0. The predicted octanol–water partition coefficient (Wildman–Crippen LogP) is 2.35. The molecule has 2 aliphatic heterocycles. The van der Waals surface area contributed by atoms with E-state index in [1.54, 1.807) is 0 Å². The van der Waals surface area contributed by atoms with Crippen LogP contribution in [0.1, 0.15) is 70.0 Å². The van der Waals surface area contributed by atoms with E-state index < -0.39 is 0 Å². The van der Waals surface area contributed by atoms with E-state index in [1.165, 1.54) is 32.5 Å². The van der Waals surface area contributed by atoms with Crippen LogP contribution in [0.3, 0.4) is 0 Å². The fraction of sp³-hybridized carbons (Fsp3) is 0.810. The lowest BCUT2D eigenvalue weighted by atomic mass is 9.75. The fourth-order valence-corrected chi connectivity index (χ4v) is 5.10. The molecule has 3 aliphatic rings. The second-order valence-electron chi connectivity index (χ2n) is 9.79. The minimum absolute atomic E-state index is 0.104. The van der Waals surface area contributed by atoms with Crippen molar-refractivity contribution in [3.05, 3.63) is 27.4 Å². The number of hydrogen-bond donors (Lipinski definition) is 2. The van der Waals surface area contributed by atoms with Crippen molar-refractivity contribution in [2.45, 2.75) is 70.1 Å². The Balaban J connectivity index is 1.50. The maximum absolute atomic E-state index is 12.6. The first-order valence-corrected chi connectivity index (χ1v) is 10.4. The minimum atomic E-state index is -0.118. The summed E-state index contributed by atoms with van der Waals surface area (Å²) in [6.07, 6.45) is 6.99. The molecule has 2 N–H and O–H groups in total. The molecule has 1 spiro atoms. The van der Waals surface area contributed by atoms with Crippen LogP contribution in [0.5, 0.6) is 0 Å². The number of nitrogens with zero attached hydrogens (tertiary/aromatic N) is 2. The van der Waals surface area contributed by atoms with Gasteiger partial charge in [-0.2, -0.15) is 0 Å². The van der Waals surface area contributed by atoms with E-state index in [-0.39, 0.29) is 16.4 Å². The zero-order valence-electron chi connectivity index (χ0n) is 16.7. The molecule has 2 saturated heterocycles. The Labute approximate surface area is 157 Å². The molecule has 1 aromatic heterocycles. The third-order valence-corrected chi connectivity index (χ3v) is 6.81. The molecule has 5 nitrogen and oxygen atoms in total. The number of likely N-dealkylation sites (tertiary alicyclic amines) is 1. The summed E-state index contributed by atoms with van der Waals surface area (Å²) in [5.41, 5.74) is 2.22. The molecule has 26 heavy (non-hydrogen) atoms. The Hall–Kier alpha value is -1.20. The average Bonchev–Trinajstić information content (AvgIpc) is 2.96. The highest BCUT2D eigenvalue weighted by Gasteiger charge is 2.44. The normalized spacial score (nSPS) is 26.2. The van der Waals surface area contributed by atoms with E-state index in [0.717, 1.165) is 61.8 Å². The SMILES string of the molecule is CC(C)(C)c1nc2c(c(=O)[nH]1)CCC21CCN(CC2CCCNC2)CC1. The van der Waals surface area contributed by atoms with Gasteiger partial charge in [0.1, 0.15) is 5.82 Å². The Morgan fingerprint density at radius 3 is 2.65 bits per heavy atom. The molecule has 0 radical (unpaired) electrons. The van der Waals surface area contributed by atoms with Crippen molar-refractivity contribution in [2.75, 3.05) is 32.7 Å². The van der Waals surface area contributed by atoms with Gasteiger partial charge in [0.15, 0.2) is 0 Å². The lowest BCUT2D eigenvalue weighted by Gasteiger charge is -2.41. The molecular formula is C21H34N4O. The van der Waals surface area contributed by atoms with E-state index in [0.29, 0.717) is 0 Å². The van der Waals surface area contributed by atoms with Crippen molar-refractivity contribution in [1.82, 2.24) is 20.2 Å². The molecule has 0 amide bonds. The van der Waals surface area contributed by atoms with Crippen molar-refractivity contribution in [3.8, 4) is 0 Å². The summed E-state index contributed by atoms with van der Waals surface area (Å²) >= 11 is 0. The van der Waals surface area contributed by atoms with Crippen LogP contribution in [0.4, 0.5) is 0 Å². The number of hydrogen-bond acceptors (Lipinski definition) is 4. The molecule has 3 heterocycles. The molecule has 4 rings (SSSR count). The van der Waals surface area contributed by atoms with Crippen molar-refractivity contribution in [1.29, 1.82) is 0 Å². The van der Waals surface area contributed by atoms with E-state index in [4.69, 9.17) is 4.98 Å². The first-order chi connectivity index (χ1) is 12.4. The van der Waals surface area contributed by atoms with Crippen LogP contribution in [-0.2, 0) is 17.3 Å². The van der Waals surface area contributed by atoms with Crippen LogP contribution in [0, 0.1) is 5.92 Å². The number of rotatable bonds is 2. The Morgan fingerprint density at radius 2 is 2.00 bits per heavy atom. The summed E-state index contributed by atoms with van der Waals surface area (Å²) in [4.78, 5) is 23.3. The number of aromatic nitrogens is 2. The third-order valence-electron chi connectivity index (χ3n) is 6.81. The first-order valence-electron chi connectivity index (χ1n) is 10.4. The van der Waals surface area contributed by atoms with Crippen molar-refractivity contribution >= 4 is 0 Å². The molecular weight excluding hydrogens is 324 g/mol. The Morgan fingerprint density at radius 1 is 1.23 bits per heavy atom. The van der Waals surface area contributed by atoms with Crippen molar-refractivity contribution in [3.63, 3.8) is 0 Å². The van der Waals surface area contributed by atoms with E-state index in [1.807, 2.05) is 0 Å². The van der Waals surface area contributed by atoms with E-state index >= 15 is 0 Å². The predicted molar refractivity (Wildman–Crippen MR) is 105 cm³/mol. The van der Waals surface area contributed by atoms with Crippen LogP contribution >= 0.6 is 0 Å². The van der Waals surface area contributed by atoms with Gasteiger partial charge >= 0.3 is 0 Å². The topological polar surface area (TPSA) is 61.0 Å². The van der Waals surface area contributed by atoms with Gasteiger partial charge in [-0.05, 0) is 70.6 Å². The minimum Gasteiger partial charge on any atom is -0.316 e. The molecule has 1 atom stereocenters. The van der Waals surface area contributed by atoms with E-state index in [2.05, 4.69) is 36.0 Å². The highest BCUT2D eigenvalue weighted by atomic mass is 16.1. The second-order valence-corrected chi connectivity index (χ2v) is 9.79. The second kappa shape index (κ2) is 6.75. The number of aromatic amines is 1. The molecule has 144 valence electrons. The molecule has 2 fully saturated rings. The highest BCUT2D eigenvalue weighted by Crippen LogP contribution is 2.44. The van der Waals surface area contributed by atoms with Gasteiger partial charge in [0, 0.05) is 22.9 Å². The molecule has 1 aromatic rings. The van der Waals surface area contributed by atoms with Gasteiger partial charge in [-0.1, -0.05) is 20.8 Å². The Bertz CT molecular complexity index is 704. The van der Waals surface area contributed by atoms with Crippen LogP contribution in [0.2, 0.25) is 0 Å². The number of piperidine rings is 2. The maximum atomic E-state index is 12.6. The van der Waals surface area contributed by atoms with Crippen molar-refractivity contribution in [2.24, 2.45) is 5.92 Å². The summed E-state index contributed by atoms with van der Waals surface area (Å²) in [5, 5.41) is 3.54. The lowest BCUT2D eigenvalue weighted by Crippen LogP contribution is -2.46. The smallest absolute Gasteiger partial charge is 0.254 e. The zero-order valence-corrected chi connectivity index (χ0v) is 16.7. The monoisotopic (exact) mass is 358 g/mol. The van der Waals surface area contributed by atoms with Gasteiger partial charge in [-0.25, -0.2) is 4.98 Å². The van der Waals surface area contributed by atoms with Gasteiger partial charge in [0.25, 0.3) is 5.56 Å². The molecule has 0 saturated carbocycles. The van der Waals surface area contributed by atoms with Crippen LogP contribution in [0.15, 0.2) is 4.79 Å². The number of nitrogens with one attached hydrogen (secondary N) is 2. The average molecular weight is 359 g/mol. The van der Waals surface area contributed by atoms with Gasteiger partial charge in [0.2, 0.25) is 0 Å². The molecule has 1 unspecified atom stereocenters. The Kier molecular flexibility index (Phi) is 4.72. The van der Waals surface area contributed by atoms with Gasteiger partial charge in [0.05, 0.1) is 5.69 Å². The quantitative estimate of drug-likeness (QED) is 0.852. The van der Waals surface area contributed by atoms with Gasteiger partial charge in [-0.3, -0.25) is 4.79 Å². The first kappa shape index (κ1) is 18.2.